The predicted molar refractivity (Wildman–Crippen MR) is 189 cm³/mol. The first kappa shape index (κ1) is 42.6. The Morgan fingerprint density at radius 3 is 1.73 bits per heavy atom. The number of carbonyl (C=O) groups is 3. The van der Waals surface area contributed by atoms with Gasteiger partial charge in [-0.1, -0.05) is 134 Å². The van der Waals surface area contributed by atoms with Crippen LogP contribution in [0, 0.1) is 0 Å². The summed E-state index contributed by atoms with van der Waals surface area (Å²) in [5, 5.41) is 11.0. The van der Waals surface area contributed by atoms with Crippen molar-refractivity contribution in [1.82, 2.24) is 5.32 Å². The van der Waals surface area contributed by atoms with Crippen molar-refractivity contribution < 1.29 is 24.2 Å². The Labute approximate surface area is 276 Å². The summed E-state index contributed by atoms with van der Waals surface area (Å²) in [7, 11) is 0. The van der Waals surface area contributed by atoms with Crippen molar-refractivity contribution in [2.75, 3.05) is 6.54 Å². The van der Waals surface area contributed by atoms with Crippen molar-refractivity contribution in [2.24, 2.45) is 0 Å². The number of carboxylic acids is 1. The van der Waals surface area contributed by atoms with E-state index in [0.29, 0.717) is 12.8 Å². The number of ether oxygens (including phenoxy) is 1. The van der Waals surface area contributed by atoms with Crippen LogP contribution in [-0.4, -0.2) is 35.6 Å². The maximum Gasteiger partial charge on any atom is 0.322 e. The van der Waals surface area contributed by atoms with Gasteiger partial charge in [-0.3, -0.25) is 14.4 Å². The lowest BCUT2D eigenvalue weighted by molar-refractivity contribution is -0.147. The minimum Gasteiger partial charge on any atom is -0.480 e. The molecule has 1 atom stereocenters. The van der Waals surface area contributed by atoms with Gasteiger partial charge in [-0.25, -0.2) is 0 Å². The predicted octanol–water partition coefficient (Wildman–Crippen LogP) is 10.9. The number of esters is 1. The summed E-state index contributed by atoms with van der Waals surface area (Å²) in [5.41, 5.74) is 0. The molecular weight excluding hydrogens is 562 g/mol. The van der Waals surface area contributed by atoms with E-state index in [1.54, 1.807) is 0 Å². The molecule has 0 aromatic carbocycles. The highest BCUT2D eigenvalue weighted by Crippen LogP contribution is 2.15. The summed E-state index contributed by atoms with van der Waals surface area (Å²) in [4.78, 5) is 34.8. The molecule has 0 aromatic rings. The quantitative estimate of drug-likeness (QED) is 0.0427. The molecule has 0 aliphatic heterocycles. The van der Waals surface area contributed by atoms with Crippen LogP contribution in [0.5, 0.6) is 0 Å². The fraction of sp³-hybridized carbons (Fsp3) is 0.769. The number of nitrogens with one attached hydrogen (secondary N) is 1. The van der Waals surface area contributed by atoms with E-state index in [0.717, 1.165) is 57.8 Å². The molecule has 6 nitrogen and oxygen atoms in total. The van der Waals surface area contributed by atoms with Crippen LogP contribution in [-0.2, 0) is 19.1 Å². The Morgan fingerprint density at radius 2 is 1.11 bits per heavy atom. The number of carboxylic acid groups (broad SMARTS) is 1. The van der Waals surface area contributed by atoms with Gasteiger partial charge in [0.25, 0.3) is 0 Å². The minimum absolute atomic E-state index is 0.106. The lowest BCUT2D eigenvalue weighted by atomic mass is 10.1. The van der Waals surface area contributed by atoms with Crippen LogP contribution < -0.4 is 5.32 Å². The number of rotatable bonds is 33. The minimum atomic E-state index is -1.03. The third-order valence-corrected chi connectivity index (χ3v) is 8.02. The zero-order valence-electron chi connectivity index (χ0n) is 29.2. The highest BCUT2D eigenvalue weighted by Gasteiger charge is 2.11. The SMILES string of the molecule is CCCC/C=C\C/C=C\C(CCCCCCC(=O)NCC(=O)O)OC(=O)CCCCCCCCC/C=C\CCCCCCCC. The Bertz CT molecular complexity index is 788. The van der Waals surface area contributed by atoms with Crippen LogP contribution in [0.1, 0.15) is 181 Å². The number of aliphatic carboxylic acids is 1. The second-order valence-corrected chi connectivity index (χ2v) is 12.5. The van der Waals surface area contributed by atoms with Crippen LogP contribution in [0.25, 0.3) is 0 Å². The molecule has 0 aromatic heterocycles. The van der Waals surface area contributed by atoms with Gasteiger partial charge in [0.15, 0.2) is 0 Å². The maximum absolute atomic E-state index is 12.6. The summed E-state index contributed by atoms with van der Waals surface area (Å²) in [5.74, 6) is -1.36. The van der Waals surface area contributed by atoms with Gasteiger partial charge in [-0.05, 0) is 70.3 Å². The number of carbonyl (C=O) groups excluding carboxylic acids is 2. The number of allylic oxidation sites excluding steroid dienone is 5. The topological polar surface area (TPSA) is 92.7 Å². The van der Waals surface area contributed by atoms with Crippen molar-refractivity contribution in [3.8, 4) is 0 Å². The van der Waals surface area contributed by atoms with Crippen molar-refractivity contribution in [1.29, 1.82) is 0 Å². The molecule has 45 heavy (non-hydrogen) atoms. The third kappa shape index (κ3) is 34.3. The molecule has 0 radical (unpaired) electrons. The summed E-state index contributed by atoms with van der Waals surface area (Å²) < 4.78 is 5.85. The average Bonchev–Trinajstić information content (AvgIpc) is 3.02. The number of unbranched alkanes of at least 4 members (excludes halogenated alkanes) is 18. The number of hydrogen-bond donors (Lipinski definition) is 2. The second-order valence-electron chi connectivity index (χ2n) is 12.5. The summed E-state index contributed by atoms with van der Waals surface area (Å²) in [6, 6.07) is 0. The van der Waals surface area contributed by atoms with Crippen LogP contribution in [0.2, 0.25) is 0 Å². The highest BCUT2D eigenvalue weighted by atomic mass is 16.5. The van der Waals surface area contributed by atoms with Crippen molar-refractivity contribution >= 4 is 17.8 Å². The zero-order valence-corrected chi connectivity index (χ0v) is 29.2. The fourth-order valence-corrected chi connectivity index (χ4v) is 5.21. The first-order valence-corrected chi connectivity index (χ1v) is 18.6. The van der Waals surface area contributed by atoms with E-state index in [4.69, 9.17) is 9.84 Å². The summed E-state index contributed by atoms with van der Waals surface area (Å²) >= 11 is 0. The molecule has 0 heterocycles. The van der Waals surface area contributed by atoms with Gasteiger partial charge in [0.1, 0.15) is 12.6 Å². The van der Waals surface area contributed by atoms with E-state index >= 15 is 0 Å². The first-order chi connectivity index (χ1) is 22.0. The highest BCUT2D eigenvalue weighted by molar-refractivity contribution is 5.80. The van der Waals surface area contributed by atoms with Crippen LogP contribution in [0.4, 0.5) is 0 Å². The van der Waals surface area contributed by atoms with E-state index < -0.39 is 5.97 Å². The largest absolute Gasteiger partial charge is 0.480 e. The average molecular weight is 632 g/mol. The van der Waals surface area contributed by atoms with Gasteiger partial charge >= 0.3 is 11.9 Å². The van der Waals surface area contributed by atoms with Gasteiger partial charge in [0, 0.05) is 12.8 Å². The molecule has 0 fully saturated rings. The molecule has 1 amide bonds. The maximum atomic E-state index is 12.6. The molecule has 0 aliphatic rings. The van der Waals surface area contributed by atoms with Crippen LogP contribution in [0.15, 0.2) is 36.5 Å². The molecular formula is C39H69NO5. The standard InChI is InChI=1S/C39H69NO5/c1-3-5-7-9-11-12-13-14-15-16-17-18-19-20-22-24-30-34-39(44)45-36(31-27-23-21-10-8-6-4-2)32-28-25-26-29-33-37(41)40-35-38(42)43/h10,14-15,21,27,31,36H,3-9,11-13,16-20,22-26,28-30,32-35H2,1-2H3,(H,40,41)(H,42,43)/b15-14-,21-10-,31-27-. The van der Waals surface area contributed by atoms with Crippen molar-refractivity contribution in [3.05, 3.63) is 36.5 Å². The Balaban J connectivity index is 4.08. The van der Waals surface area contributed by atoms with Gasteiger partial charge < -0.3 is 15.2 Å². The number of hydrogen-bond acceptors (Lipinski definition) is 4. The smallest absolute Gasteiger partial charge is 0.322 e. The summed E-state index contributed by atoms with van der Waals surface area (Å²) in [6.45, 7) is 4.13. The molecule has 6 heteroatoms. The lowest BCUT2D eigenvalue weighted by Crippen LogP contribution is -2.28. The van der Waals surface area contributed by atoms with Crippen molar-refractivity contribution in [3.63, 3.8) is 0 Å². The molecule has 260 valence electrons. The fourth-order valence-electron chi connectivity index (χ4n) is 5.21. The molecule has 0 rings (SSSR count). The molecule has 0 aliphatic carbocycles. The number of amides is 1. The Morgan fingerprint density at radius 1 is 0.600 bits per heavy atom. The first-order valence-electron chi connectivity index (χ1n) is 18.6. The molecule has 0 bridgehead atoms. The molecule has 0 saturated heterocycles. The van der Waals surface area contributed by atoms with E-state index in [-0.39, 0.29) is 24.5 Å². The summed E-state index contributed by atoms with van der Waals surface area (Å²) in [6.07, 6.45) is 41.4. The van der Waals surface area contributed by atoms with E-state index in [9.17, 15) is 14.4 Å². The molecule has 0 saturated carbocycles. The van der Waals surface area contributed by atoms with Crippen molar-refractivity contribution in [2.45, 2.75) is 187 Å². The van der Waals surface area contributed by atoms with Gasteiger partial charge in [0.2, 0.25) is 5.91 Å². The monoisotopic (exact) mass is 632 g/mol. The normalized spacial score (nSPS) is 12.4. The lowest BCUT2D eigenvalue weighted by Gasteiger charge is -2.14. The van der Waals surface area contributed by atoms with E-state index in [1.807, 2.05) is 6.08 Å². The van der Waals surface area contributed by atoms with E-state index in [1.165, 1.54) is 96.3 Å². The van der Waals surface area contributed by atoms with Gasteiger partial charge in [0.05, 0.1) is 0 Å². The van der Waals surface area contributed by atoms with Gasteiger partial charge in [-0.15, -0.1) is 0 Å². The Kier molecular flexibility index (Phi) is 32.7. The molecule has 1 unspecified atom stereocenters. The van der Waals surface area contributed by atoms with Gasteiger partial charge in [-0.2, -0.15) is 0 Å². The van der Waals surface area contributed by atoms with E-state index in [2.05, 4.69) is 49.5 Å². The van der Waals surface area contributed by atoms with Crippen LogP contribution in [0.3, 0.4) is 0 Å². The second kappa shape index (κ2) is 34.5. The molecule has 0 spiro atoms. The van der Waals surface area contributed by atoms with Crippen LogP contribution >= 0.6 is 0 Å². The Hall–Kier alpha value is -2.37. The third-order valence-electron chi connectivity index (χ3n) is 8.02. The molecule has 2 N–H and O–H groups in total. The zero-order chi connectivity index (χ0) is 33.1.